The van der Waals surface area contributed by atoms with E-state index in [1.165, 1.54) is 0 Å². The van der Waals surface area contributed by atoms with Crippen molar-refractivity contribution in [1.29, 1.82) is 5.26 Å². The van der Waals surface area contributed by atoms with Gasteiger partial charge in [-0.15, -0.1) is 0 Å². The van der Waals surface area contributed by atoms with Crippen LogP contribution in [0, 0.1) is 16.1 Å². The fourth-order valence-corrected chi connectivity index (χ4v) is 2.55. The summed E-state index contributed by atoms with van der Waals surface area (Å²) in [5.74, 6) is -0.296. The average Bonchev–Trinajstić information content (AvgIpc) is 2.62. The van der Waals surface area contributed by atoms with Gasteiger partial charge in [0.05, 0.1) is 5.69 Å². The monoisotopic (exact) mass is 348 g/mol. The van der Waals surface area contributed by atoms with Crippen LogP contribution in [0.5, 0.6) is 0 Å². The molecule has 0 spiro atoms. The Balaban J connectivity index is 2.01. The summed E-state index contributed by atoms with van der Waals surface area (Å²) in [6, 6.07) is 17.5. The van der Waals surface area contributed by atoms with Crippen LogP contribution in [0.25, 0.3) is 11.3 Å². The topological polar surface area (TPSA) is 102 Å². The summed E-state index contributed by atoms with van der Waals surface area (Å²) in [7, 11) is 0. The Kier molecular flexibility index (Phi) is 4.55. The number of hydrogen-bond donors (Lipinski definition) is 3. The Bertz CT molecular complexity index is 1090. The number of H-pyrrole nitrogens is 2. The summed E-state index contributed by atoms with van der Waals surface area (Å²) < 4.78 is 0.109. The molecule has 0 aliphatic carbocycles. The molecule has 0 radical (unpaired) electrons. The molecule has 1 aromatic heterocycles. The number of carbonyl (C=O) groups excluding carboxylic acids is 1. The Morgan fingerprint density at radius 3 is 2.56 bits per heavy atom. The lowest BCUT2D eigenvalue weighted by atomic mass is 10.0. The molecular weight excluding hydrogens is 336 g/mol. The van der Waals surface area contributed by atoms with Crippen LogP contribution in [-0.2, 0) is 0 Å². The number of para-hydroxylation sites is 1. The normalized spacial score (nSPS) is 10.0. The van der Waals surface area contributed by atoms with Gasteiger partial charge < -0.3 is 10.3 Å². The molecule has 2 aromatic carbocycles. The third kappa shape index (κ3) is 3.54. The maximum Gasteiger partial charge on any atom is 0.270 e. The van der Waals surface area contributed by atoms with E-state index < -0.39 is 5.56 Å². The molecular formula is C18H12N4O2S. The van der Waals surface area contributed by atoms with Crippen LogP contribution in [-0.4, -0.2) is 15.9 Å². The second-order valence-corrected chi connectivity index (χ2v) is 5.58. The van der Waals surface area contributed by atoms with Crippen LogP contribution in [0.3, 0.4) is 0 Å². The highest BCUT2D eigenvalue weighted by atomic mass is 32.1. The van der Waals surface area contributed by atoms with Crippen molar-refractivity contribution in [3.05, 3.63) is 80.8 Å². The summed E-state index contributed by atoms with van der Waals surface area (Å²) in [6.45, 7) is 0. The minimum atomic E-state index is -0.569. The first-order valence-electron chi connectivity index (χ1n) is 7.32. The summed E-state index contributed by atoms with van der Waals surface area (Å²) in [5.41, 5.74) is 1.21. The predicted octanol–water partition coefficient (Wildman–Crippen LogP) is 3.22. The number of anilines is 1. The highest BCUT2D eigenvalue weighted by Gasteiger charge is 2.13. The predicted molar refractivity (Wildman–Crippen MR) is 96.8 cm³/mol. The molecule has 3 N–H and O–H groups in total. The first-order chi connectivity index (χ1) is 12.1. The number of nitriles is 1. The van der Waals surface area contributed by atoms with Gasteiger partial charge in [-0.05, 0) is 36.5 Å². The molecule has 0 saturated heterocycles. The van der Waals surface area contributed by atoms with Gasteiger partial charge in [0.25, 0.3) is 11.5 Å². The highest BCUT2D eigenvalue weighted by Crippen LogP contribution is 2.20. The van der Waals surface area contributed by atoms with Crippen LogP contribution in [0.1, 0.15) is 15.9 Å². The number of aromatic amines is 2. The molecule has 0 bridgehead atoms. The largest absolute Gasteiger partial charge is 0.331 e. The van der Waals surface area contributed by atoms with E-state index in [4.69, 9.17) is 12.2 Å². The summed E-state index contributed by atoms with van der Waals surface area (Å²) in [6.07, 6.45) is 0. The van der Waals surface area contributed by atoms with E-state index in [1.807, 2.05) is 24.3 Å². The zero-order chi connectivity index (χ0) is 17.8. The standard InChI is InChI=1S/C18H12N4O2S/c19-10-14-15(21-18(25)22-17(14)24)11-5-4-6-12(9-11)16(23)20-13-7-2-1-3-8-13/h1-9H,(H,20,23)(H2,21,22,24,25). The Labute approximate surface area is 147 Å². The maximum atomic E-state index is 12.4. The van der Waals surface area contributed by atoms with Gasteiger partial charge in [-0.1, -0.05) is 30.3 Å². The van der Waals surface area contributed by atoms with Crippen molar-refractivity contribution in [2.45, 2.75) is 0 Å². The van der Waals surface area contributed by atoms with E-state index in [1.54, 1.807) is 36.4 Å². The first kappa shape index (κ1) is 16.4. The third-order valence-corrected chi connectivity index (χ3v) is 3.70. The van der Waals surface area contributed by atoms with E-state index >= 15 is 0 Å². The molecule has 1 heterocycles. The van der Waals surface area contributed by atoms with E-state index in [0.29, 0.717) is 16.8 Å². The van der Waals surface area contributed by atoms with Crippen LogP contribution in [0.15, 0.2) is 59.4 Å². The number of nitrogens with one attached hydrogen (secondary N) is 3. The number of nitrogens with zero attached hydrogens (tertiary/aromatic N) is 1. The minimum absolute atomic E-state index is 0.0887. The second kappa shape index (κ2) is 6.95. The van der Waals surface area contributed by atoms with E-state index in [2.05, 4.69) is 15.3 Å². The molecule has 0 unspecified atom stereocenters. The molecule has 3 aromatic rings. The number of hydrogen-bond acceptors (Lipinski definition) is 4. The van der Waals surface area contributed by atoms with Gasteiger partial charge in [-0.3, -0.25) is 14.6 Å². The molecule has 25 heavy (non-hydrogen) atoms. The van der Waals surface area contributed by atoms with Gasteiger partial charge in [0.1, 0.15) is 11.6 Å². The molecule has 1 amide bonds. The highest BCUT2D eigenvalue weighted by molar-refractivity contribution is 7.71. The van der Waals surface area contributed by atoms with E-state index in [0.717, 1.165) is 0 Å². The number of amides is 1. The molecule has 0 saturated carbocycles. The van der Waals surface area contributed by atoms with Crippen LogP contribution < -0.4 is 10.9 Å². The van der Waals surface area contributed by atoms with Gasteiger partial charge in [0, 0.05) is 16.8 Å². The fourth-order valence-electron chi connectivity index (χ4n) is 2.35. The van der Waals surface area contributed by atoms with E-state index in [9.17, 15) is 14.9 Å². The molecule has 0 fully saturated rings. The van der Waals surface area contributed by atoms with Crippen molar-refractivity contribution in [3.63, 3.8) is 0 Å². The van der Waals surface area contributed by atoms with Gasteiger partial charge >= 0.3 is 0 Å². The molecule has 0 aliphatic rings. The minimum Gasteiger partial charge on any atom is -0.331 e. The molecule has 7 heteroatoms. The zero-order valence-corrected chi connectivity index (χ0v) is 13.7. The third-order valence-electron chi connectivity index (χ3n) is 3.50. The van der Waals surface area contributed by atoms with Crippen LogP contribution >= 0.6 is 12.2 Å². The van der Waals surface area contributed by atoms with Gasteiger partial charge in [0.15, 0.2) is 4.77 Å². The number of aromatic nitrogens is 2. The lowest BCUT2D eigenvalue weighted by molar-refractivity contribution is 0.102. The smallest absolute Gasteiger partial charge is 0.270 e. The van der Waals surface area contributed by atoms with E-state index in [-0.39, 0.29) is 21.9 Å². The molecule has 6 nitrogen and oxygen atoms in total. The Morgan fingerprint density at radius 1 is 1.08 bits per heavy atom. The van der Waals surface area contributed by atoms with Crippen molar-refractivity contribution >= 4 is 23.8 Å². The van der Waals surface area contributed by atoms with Gasteiger partial charge in [0.2, 0.25) is 0 Å². The second-order valence-electron chi connectivity index (χ2n) is 5.17. The number of benzene rings is 2. The zero-order valence-electron chi connectivity index (χ0n) is 12.9. The molecule has 3 rings (SSSR count). The average molecular weight is 348 g/mol. The van der Waals surface area contributed by atoms with Crippen molar-refractivity contribution in [2.24, 2.45) is 0 Å². The fraction of sp³-hybridized carbons (Fsp3) is 0. The summed E-state index contributed by atoms with van der Waals surface area (Å²) >= 11 is 4.97. The number of rotatable bonds is 3. The quantitative estimate of drug-likeness (QED) is 0.633. The number of carbonyl (C=O) groups is 1. The van der Waals surface area contributed by atoms with Crippen molar-refractivity contribution in [2.75, 3.05) is 5.32 Å². The van der Waals surface area contributed by atoms with Crippen LogP contribution in [0.2, 0.25) is 0 Å². The molecule has 0 atom stereocenters. The van der Waals surface area contributed by atoms with Crippen molar-refractivity contribution in [3.8, 4) is 17.3 Å². The van der Waals surface area contributed by atoms with Gasteiger partial charge in [-0.25, -0.2) is 0 Å². The van der Waals surface area contributed by atoms with Crippen molar-refractivity contribution < 1.29 is 4.79 Å². The van der Waals surface area contributed by atoms with Gasteiger partial charge in [-0.2, -0.15) is 5.26 Å². The Hall–Kier alpha value is -3.50. The first-order valence-corrected chi connectivity index (χ1v) is 7.73. The lowest BCUT2D eigenvalue weighted by Gasteiger charge is -2.08. The maximum absolute atomic E-state index is 12.4. The van der Waals surface area contributed by atoms with Crippen molar-refractivity contribution in [1.82, 2.24) is 9.97 Å². The lowest BCUT2D eigenvalue weighted by Crippen LogP contribution is -2.14. The molecule has 122 valence electrons. The molecule has 0 aliphatic heterocycles. The summed E-state index contributed by atoms with van der Waals surface area (Å²) in [4.78, 5) is 29.5. The summed E-state index contributed by atoms with van der Waals surface area (Å²) in [5, 5.41) is 12.0. The Morgan fingerprint density at radius 2 is 1.84 bits per heavy atom. The SMILES string of the molecule is N#Cc1c(-c2cccc(C(=O)Nc3ccccc3)c2)[nH]c(=S)[nH]c1=O. The van der Waals surface area contributed by atoms with Crippen LogP contribution in [0.4, 0.5) is 5.69 Å².